The number of hydrogen-bond donors (Lipinski definition) is 1. The maximum atomic E-state index is 12.6. The molecule has 7 heteroatoms. The molecule has 132 valence electrons. The molecule has 0 bridgehead atoms. The molecule has 0 saturated heterocycles. The largest absolute Gasteiger partial charge is 0.506 e. The van der Waals surface area contributed by atoms with Crippen molar-refractivity contribution in [1.29, 1.82) is 0 Å². The number of thiazole rings is 1. The van der Waals surface area contributed by atoms with Crippen LogP contribution in [0.2, 0.25) is 15.1 Å². The van der Waals surface area contributed by atoms with Crippen LogP contribution in [0.15, 0.2) is 42.5 Å². The van der Waals surface area contributed by atoms with E-state index in [0.29, 0.717) is 26.2 Å². The van der Waals surface area contributed by atoms with E-state index in [4.69, 9.17) is 34.8 Å². The number of allylic oxidation sites excluding steroid dienone is 1. The first-order chi connectivity index (χ1) is 12.4. The van der Waals surface area contributed by atoms with Gasteiger partial charge in [-0.3, -0.25) is 4.79 Å². The Hall–Kier alpha value is -1.85. The molecule has 0 saturated carbocycles. The van der Waals surface area contributed by atoms with E-state index >= 15 is 0 Å². The van der Waals surface area contributed by atoms with Gasteiger partial charge in [-0.1, -0.05) is 53.0 Å². The standard InChI is InChI=1S/C19H12Cl3NO2S/c1-10-18(26-19(23-10)12-4-2-3-5-13(12)20)15(25)9-7-11-6-8-14(24)17(22)16(11)21/h2-9,24H,1H3. The minimum absolute atomic E-state index is 0.0521. The van der Waals surface area contributed by atoms with Crippen molar-refractivity contribution < 1.29 is 9.90 Å². The number of aromatic hydroxyl groups is 1. The summed E-state index contributed by atoms with van der Waals surface area (Å²) in [7, 11) is 0. The Labute approximate surface area is 169 Å². The zero-order valence-corrected chi connectivity index (χ0v) is 16.5. The molecule has 3 rings (SSSR count). The Bertz CT molecular complexity index is 1030. The van der Waals surface area contributed by atoms with Crippen LogP contribution in [-0.2, 0) is 0 Å². The molecule has 26 heavy (non-hydrogen) atoms. The summed E-state index contributed by atoms with van der Waals surface area (Å²) in [6.45, 7) is 1.78. The number of aryl methyl sites for hydroxylation is 1. The van der Waals surface area contributed by atoms with Gasteiger partial charge in [0.1, 0.15) is 15.8 Å². The molecule has 3 nitrogen and oxygen atoms in total. The maximum Gasteiger partial charge on any atom is 0.197 e. The molecule has 0 amide bonds. The fourth-order valence-electron chi connectivity index (χ4n) is 2.30. The lowest BCUT2D eigenvalue weighted by molar-refractivity contribution is 0.105. The molecule has 1 heterocycles. The van der Waals surface area contributed by atoms with Crippen LogP contribution in [0.1, 0.15) is 20.9 Å². The van der Waals surface area contributed by atoms with E-state index in [9.17, 15) is 9.90 Å². The summed E-state index contributed by atoms with van der Waals surface area (Å²) >= 11 is 19.5. The number of benzene rings is 2. The number of phenolic OH excluding ortho intramolecular Hbond substituents is 1. The van der Waals surface area contributed by atoms with Crippen molar-refractivity contribution in [2.24, 2.45) is 0 Å². The van der Waals surface area contributed by atoms with Gasteiger partial charge in [0.2, 0.25) is 0 Å². The van der Waals surface area contributed by atoms with Crippen molar-refractivity contribution in [1.82, 2.24) is 4.98 Å². The fourth-order valence-corrected chi connectivity index (χ4v) is 4.00. The lowest BCUT2D eigenvalue weighted by Gasteiger charge is -2.02. The predicted octanol–water partition coefficient (Wildman–Crippen LogP) is 6.68. The Balaban J connectivity index is 1.90. The average Bonchev–Trinajstić information content (AvgIpc) is 3.01. The monoisotopic (exact) mass is 423 g/mol. The third-order valence-electron chi connectivity index (χ3n) is 3.63. The minimum atomic E-state index is -0.196. The average molecular weight is 425 g/mol. The molecular formula is C19H12Cl3NO2S. The highest BCUT2D eigenvalue weighted by atomic mass is 35.5. The van der Waals surface area contributed by atoms with Gasteiger partial charge < -0.3 is 5.11 Å². The highest BCUT2D eigenvalue weighted by molar-refractivity contribution is 7.17. The number of carbonyl (C=O) groups is 1. The van der Waals surface area contributed by atoms with E-state index in [0.717, 1.165) is 5.56 Å². The van der Waals surface area contributed by atoms with E-state index < -0.39 is 0 Å². The Morgan fingerprint density at radius 3 is 2.58 bits per heavy atom. The zero-order chi connectivity index (χ0) is 18.8. The molecule has 0 radical (unpaired) electrons. The van der Waals surface area contributed by atoms with Crippen molar-refractivity contribution in [3.8, 4) is 16.3 Å². The third kappa shape index (κ3) is 3.79. The third-order valence-corrected chi connectivity index (χ3v) is 6.05. The van der Waals surface area contributed by atoms with Crippen molar-refractivity contribution in [2.45, 2.75) is 6.92 Å². The van der Waals surface area contributed by atoms with Crippen LogP contribution in [0, 0.1) is 6.92 Å². The first-order valence-corrected chi connectivity index (χ1v) is 9.45. The summed E-state index contributed by atoms with van der Waals surface area (Å²) in [5.74, 6) is -0.304. The lowest BCUT2D eigenvalue weighted by atomic mass is 10.1. The van der Waals surface area contributed by atoms with Gasteiger partial charge >= 0.3 is 0 Å². The first kappa shape index (κ1) is 18.9. The first-order valence-electron chi connectivity index (χ1n) is 7.50. The van der Waals surface area contributed by atoms with Crippen LogP contribution in [0.5, 0.6) is 5.75 Å². The van der Waals surface area contributed by atoms with Crippen LogP contribution in [0.3, 0.4) is 0 Å². The second-order valence-electron chi connectivity index (χ2n) is 5.41. The number of halogens is 3. The van der Waals surface area contributed by atoms with E-state index in [2.05, 4.69) is 4.98 Å². The molecule has 0 aliphatic carbocycles. The van der Waals surface area contributed by atoms with Gasteiger partial charge in [0, 0.05) is 5.56 Å². The number of rotatable bonds is 4. The number of carbonyl (C=O) groups excluding carboxylic acids is 1. The molecule has 1 N–H and O–H groups in total. The van der Waals surface area contributed by atoms with Gasteiger partial charge in [0.15, 0.2) is 5.78 Å². The molecule has 3 aromatic rings. The maximum absolute atomic E-state index is 12.6. The van der Waals surface area contributed by atoms with E-state index in [-0.39, 0.29) is 21.6 Å². The van der Waals surface area contributed by atoms with Crippen molar-refractivity contribution in [3.05, 3.63) is 73.7 Å². The molecular weight excluding hydrogens is 413 g/mol. The highest BCUT2D eigenvalue weighted by Gasteiger charge is 2.16. The Kier molecular flexibility index (Phi) is 5.68. The second-order valence-corrected chi connectivity index (χ2v) is 7.58. The molecule has 0 aliphatic rings. The van der Waals surface area contributed by atoms with Crippen molar-refractivity contribution >= 4 is 58.0 Å². The van der Waals surface area contributed by atoms with Crippen molar-refractivity contribution in [3.63, 3.8) is 0 Å². The summed E-state index contributed by atoms with van der Waals surface area (Å²) in [5.41, 5.74) is 1.96. The summed E-state index contributed by atoms with van der Waals surface area (Å²) in [5, 5.41) is 11.0. The zero-order valence-electron chi connectivity index (χ0n) is 13.5. The smallest absolute Gasteiger partial charge is 0.197 e. The summed E-state index contributed by atoms with van der Waals surface area (Å²) in [6, 6.07) is 10.4. The number of ketones is 1. The van der Waals surface area contributed by atoms with E-state index in [1.807, 2.05) is 18.2 Å². The molecule has 0 unspecified atom stereocenters. The van der Waals surface area contributed by atoms with Crippen LogP contribution in [0.25, 0.3) is 16.6 Å². The van der Waals surface area contributed by atoms with Crippen LogP contribution in [0.4, 0.5) is 0 Å². The van der Waals surface area contributed by atoms with Gasteiger partial charge in [-0.2, -0.15) is 0 Å². The van der Waals surface area contributed by atoms with Crippen LogP contribution >= 0.6 is 46.1 Å². The Morgan fingerprint density at radius 2 is 1.85 bits per heavy atom. The van der Waals surface area contributed by atoms with Gasteiger partial charge in [-0.05, 0) is 42.8 Å². The minimum Gasteiger partial charge on any atom is -0.506 e. The summed E-state index contributed by atoms with van der Waals surface area (Å²) in [6.07, 6.45) is 2.97. The summed E-state index contributed by atoms with van der Waals surface area (Å²) in [4.78, 5) is 17.5. The Morgan fingerprint density at radius 1 is 1.12 bits per heavy atom. The lowest BCUT2D eigenvalue weighted by Crippen LogP contribution is -1.93. The van der Waals surface area contributed by atoms with E-state index in [1.165, 1.54) is 23.5 Å². The molecule has 2 aromatic carbocycles. The molecule has 0 aliphatic heterocycles. The number of nitrogens with zero attached hydrogens (tertiary/aromatic N) is 1. The van der Waals surface area contributed by atoms with Crippen LogP contribution < -0.4 is 0 Å². The molecule has 1 aromatic heterocycles. The second kappa shape index (κ2) is 7.80. The van der Waals surface area contributed by atoms with E-state index in [1.54, 1.807) is 25.1 Å². The predicted molar refractivity (Wildman–Crippen MR) is 109 cm³/mol. The van der Waals surface area contributed by atoms with Crippen LogP contribution in [-0.4, -0.2) is 15.9 Å². The molecule has 0 atom stereocenters. The van der Waals surface area contributed by atoms with Crippen molar-refractivity contribution in [2.75, 3.05) is 0 Å². The normalized spacial score (nSPS) is 11.2. The fraction of sp³-hybridized carbons (Fsp3) is 0.0526. The quantitative estimate of drug-likeness (QED) is 0.375. The number of hydrogen-bond acceptors (Lipinski definition) is 4. The number of phenols is 1. The highest BCUT2D eigenvalue weighted by Crippen LogP contribution is 2.35. The van der Waals surface area contributed by atoms with Gasteiger partial charge in [-0.15, -0.1) is 11.3 Å². The van der Waals surface area contributed by atoms with Gasteiger partial charge in [0.05, 0.1) is 20.6 Å². The van der Waals surface area contributed by atoms with Gasteiger partial charge in [-0.25, -0.2) is 4.98 Å². The summed E-state index contributed by atoms with van der Waals surface area (Å²) < 4.78 is 0. The molecule has 0 fully saturated rings. The SMILES string of the molecule is Cc1nc(-c2ccccc2Cl)sc1C(=O)C=Cc1ccc(O)c(Cl)c1Cl. The molecule has 0 spiro atoms. The topological polar surface area (TPSA) is 50.2 Å². The number of aromatic nitrogens is 1. The van der Waals surface area contributed by atoms with Gasteiger partial charge in [0.25, 0.3) is 0 Å².